The number of imide groups is 1. The Morgan fingerprint density at radius 3 is 2.31 bits per heavy atom. The molecule has 5 aliphatic rings. The van der Waals surface area contributed by atoms with E-state index in [4.69, 9.17) is 23.2 Å². The van der Waals surface area contributed by atoms with Crippen molar-refractivity contribution in [1.29, 1.82) is 0 Å². The van der Waals surface area contributed by atoms with Gasteiger partial charge in [0.2, 0.25) is 17.7 Å². The van der Waals surface area contributed by atoms with E-state index in [1.807, 2.05) is 0 Å². The highest BCUT2D eigenvalue weighted by molar-refractivity contribution is 6.44. The smallest absolute Gasteiger partial charge is 0.244 e. The van der Waals surface area contributed by atoms with Crippen molar-refractivity contribution >= 4 is 46.6 Å². The Hall–Kier alpha value is -1.85. The van der Waals surface area contributed by atoms with Crippen LogP contribution in [0.3, 0.4) is 0 Å². The number of anilines is 1. The van der Waals surface area contributed by atoms with Gasteiger partial charge in [-0.1, -0.05) is 41.4 Å². The molecule has 3 fully saturated rings. The summed E-state index contributed by atoms with van der Waals surface area (Å²) in [5.41, 5.74) is 0.364. The van der Waals surface area contributed by atoms with E-state index in [1.165, 1.54) is 0 Å². The second kappa shape index (κ2) is 5.57. The van der Waals surface area contributed by atoms with E-state index >= 15 is 0 Å². The second-order valence-corrected chi connectivity index (χ2v) is 8.35. The number of carbonyl (C=O) groups is 3. The number of halogens is 2. The lowest BCUT2D eigenvalue weighted by molar-refractivity contribution is -0.142. The van der Waals surface area contributed by atoms with Gasteiger partial charge in [0.05, 0.1) is 27.6 Å². The lowest BCUT2D eigenvalue weighted by Gasteiger charge is -2.37. The molecule has 7 heteroatoms. The fraction of sp³-hybridized carbons (Fsp3) is 0.421. The summed E-state index contributed by atoms with van der Waals surface area (Å²) in [6, 6.07) is 4.91. The summed E-state index contributed by atoms with van der Waals surface area (Å²) in [4.78, 5) is 39.2. The third-order valence-electron chi connectivity index (χ3n) is 6.28. The number of rotatable bonds is 3. The summed E-state index contributed by atoms with van der Waals surface area (Å²) in [5.74, 6) is -0.0606. The number of nitrogens with one attached hydrogen (secondary N) is 1. The molecule has 2 bridgehead atoms. The molecule has 1 heterocycles. The maximum absolute atomic E-state index is 12.9. The van der Waals surface area contributed by atoms with Crippen molar-refractivity contribution in [1.82, 2.24) is 4.90 Å². The van der Waals surface area contributed by atoms with Crippen molar-refractivity contribution in [3.63, 3.8) is 0 Å². The Balaban J connectivity index is 1.34. The number of likely N-dealkylation sites (tertiary alicyclic amines) is 1. The molecule has 0 spiro atoms. The fourth-order valence-corrected chi connectivity index (χ4v) is 5.46. The molecular weight excluding hydrogens is 375 g/mol. The van der Waals surface area contributed by atoms with Crippen molar-refractivity contribution in [2.45, 2.75) is 6.42 Å². The fourth-order valence-electron chi connectivity index (χ4n) is 5.11. The highest BCUT2D eigenvalue weighted by atomic mass is 35.5. The van der Waals surface area contributed by atoms with Crippen LogP contribution in [0, 0.1) is 35.5 Å². The molecular formula is C19H16Cl2N2O3. The maximum atomic E-state index is 12.9. The minimum Gasteiger partial charge on any atom is -0.323 e. The molecule has 0 aromatic heterocycles. The third kappa shape index (κ3) is 2.20. The topological polar surface area (TPSA) is 66.5 Å². The van der Waals surface area contributed by atoms with E-state index in [0.29, 0.717) is 22.5 Å². The van der Waals surface area contributed by atoms with Gasteiger partial charge in [0.1, 0.15) is 6.54 Å². The Morgan fingerprint density at radius 1 is 1.08 bits per heavy atom. The average molecular weight is 391 g/mol. The largest absolute Gasteiger partial charge is 0.323 e. The Labute approximate surface area is 160 Å². The lowest BCUT2D eigenvalue weighted by atomic mass is 9.63. The van der Waals surface area contributed by atoms with Gasteiger partial charge in [-0.05, 0) is 42.2 Å². The zero-order valence-electron chi connectivity index (χ0n) is 13.7. The van der Waals surface area contributed by atoms with Crippen LogP contribution in [0.25, 0.3) is 0 Å². The highest BCUT2D eigenvalue weighted by Crippen LogP contribution is 2.65. The van der Waals surface area contributed by atoms with Gasteiger partial charge in [-0.15, -0.1) is 0 Å². The minimum absolute atomic E-state index is 0.155. The van der Waals surface area contributed by atoms with Gasteiger partial charge in [-0.3, -0.25) is 19.3 Å². The first kappa shape index (κ1) is 16.3. The summed E-state index contributed by atoms with van der Waals surface area (Å²) in [5, 5.41) is 3.20. The van der Waals surface area contributed by atoms with E-state index < -0.39 is 5.91 Å². The predicted octanol–water partition coefficient (Wildman–Crippen LogP) is 2.99. The summed E-state index contributed by atoms with van der Waals surface area (Å²) in [6.45, 7) is -0.289. The summed E-state index contributed by atoms with van der Waals surface area (Å²) < 4.78 is 0. The van der Waals surface area contributed by atoms with Crippen LogP contribution in [0.15, 0.2) is 30.4 Å². The molecule has 5 nitrogen and oxygen atoms in total. The minimum atomic E-state index is -0.458. The number of hydrogen-bond donors (Lipinski definition) is 1. The predicted molar refractivity (Wildman–Crippen MR) is 96.5 cm³/mol. The monoisotopic (exact) mass is 390 g/mol. The lowest BCUT2D eigenvalue weighted by Crippen LogP contribution is -2.40. The molecule has 134 valence electrons. The maximum Gasteiger partial charge on any atom is 0.244 e. The number of nitrogens with zero attached hydrogens (tertiary/aromatic N) is 1. The second-order valence-electron chi connectivity index (χ2n) is 7.57. The summed E-state index contributed by atoms with van der Waals surface area (Å²) >= 11 is 12.0. The molecule has 0 unspecified atom stereocenters. The molecule has 6 atom stereocenters. The average Bonchev–Trinajstić information content (AvgIpc) is 3.40. The normalized spacial score (nSPS) is 36.2. The van der Waals surface area contributed by atoms with Gasteiger partial charge in [0.15, 0.2) is 0 Å². The van der Waals surface area contributed by atoms with Crippen LogP contribution in [-0.2, 0) is 14.4 Å². The molecule has 4 aliphatic carbocycles. The van der Waals surface area contributed by atoms with Crippen molar-refractivity contribution in [2.75, 3.05) is 11.9 Å². The van der Waals surface area contributed by atoms with Crippen LogP contribution in [0.2, 0.25) is 10.0 Å². The van der Waals surface area contributed by atoms with Crippen LogP contribution in [-0.4, -0.2) is 29.2 Å². The first-order valence-electron chi connectivity index (χ1n) is 8.75. The summed E-state index contributed by atoms with van der Waals surface area (Å²) in [7, 11) is 0. The Kier molecular flexibility index (Phi) is 3.50. The van der Waals surface area contributed by atoms with E-state index in [0.717, 1.165) is 11.3 Å². The van der Waals surface area contributed by atoms with Crippen molar-refractivity contribution in [3.8, 4) is 0 Å². The molecule has 1 saturated heterocycles. The van der Waals surface area contributed by atoms with Gasteiger partial charge in [0.25, 0.3) is 0 Å². The van der Waals surface area contributed by atoms with E-state index in [9.17, 15) is 14.4 Å². The molecule has 3 amide bonds. The number of carbonyl (C=O) groups excluding carboxylic acids is 3. The molecule has 1 aromatic rings. The van der Waals surface area contributed by atoms with Gasteiger partial charge in [-0.2, -0.15) is 0 Å². The quantitative estimate of drug-likeness (QED) is 0.637. The first-order chi connectivity index (χ1) is 12.5. The number of amides is 3. The number of hydrogen-bond acceptors (Lipinski definition) is 3. The Bertz CT molecular complexity index is 848. The molecule has 0 radical (unpaired) electrons. The van der Waals surface area contributed by atoms with Crippen LogP contribution in [0.5, 0.6) is 0 Å². The highest BCUT2D eigenvalue weighted by Gasteiger charge is 2.67. The van der Waals surface area contributed by atoms with Gasteiger partial charge < -0.3 is 5.32 Å². The van der Waals surface area contributed by atoms with Crippen molar-refractivity contribution in [2.24, 2.45) is 35.5 Å². The molecule has 6 rings (SSSR count). The van der Waals surface area contributed by atoms with E-state index in [1.54, 1.807) is 18.2 Å². The van der Waals surface area contributed by atoms with Crippen molar-refractivity contribution < 1.29 is 14.4 Å². The molecule has 1 aliphatic heterocycles. The van der Waals surface area contributed by atoms with Gasteiger partial charge >= 0.3 is 0 Å². The molecule has 1 N–H and O–H groups in total. The van der Waals surface area contributed by atoms with Gasteiger partial charge in [0, 0.05) is 0 Å². The zero-order valence-corrected chi connectivity index (χ0v) is 15.2. The molecule has 2 saturated carbocycles. The number of allylic oxidation sites excluding steroid dienone is 2. The summed E-state index contributed by atoms with van der Waals surface area (Å²) in [6.07, 6.45) is 5.34. The van der Waals surface area contributed by atoms with E-state index in [2.05, 4.69) is 17.5 Å². The van der Waals surface area contributed by atoms with E-state index in [-0.39, 0.29) is 47.1 Å². The SMILES string of the molecule is O=C(CN1C(=O)[C@@H]2[C@@H]3C=C[C@H]([C@H]4C[C@H]34)[C@@H]2C1=O)Nc1cccc(Cl)c1Cl. The van der Waals surface area contributed by atoms with Crippen LogP contribution in [0.1, 0.15) is 6.42 Å². The molecule has 1 aromatic carbocycles. The molecule has 26 heavy (non-hydrogen) atoms. The third-order valence-corrected chi connectivity index (χ3v) is 7.10. The first-order valence-corrected chi connectivity index (χ1v) is 9.50. The van der Waals surface area contributed by atoms with Gasteiger partial charge in [-0.25, -0.2) is 0 Å². The van der Waals surface area contributed by atoms with Crippen molar-refractivity contribution in [3.05, 3.63) is 40.4 Å². The van der Waals surface area contributed by atoms with Crippen LogP contribution < -0.4 is 5.32 Å². The number of benzene rings is 1. The van der Waals surface area contributed by atoms with Crippen LogP contribution >= 0.6 is 23.2 Å². The standard InChI is InChI=1S/C19H16Cl2N2O3/c20-12-2-1-3-13(17(12)21)22-14(24)7-23-18(25)15-8-4-5-9(11-6-10(8)11)16(15)19(23)26/h1-5,8-11,15-16H,6-7H2,(H,22,24)/t8-,9-,10-,11-,15-,16+/m1/s1. The van der Waals surface area contributed by atoms with Crippen LogP contribution in [0.4, 0.5) is 5.69 Å². The zero-order chi connectivity index (χ0) is 18.2. The Morgan fingerprint density at radius 2 is 1.69 bits per heavy atom.